The number of halogens is 2. The van der Waals surface area contributed by atoms with Crippen LogP contribution in [0.15, 0.2) is 47.4 Å². The molecule has 1 aliphatic heterocycles. The number of anilines is 1. The van der Waals surface area contributed by atoms with Crippen LogP contribution in [0.1, 0.15) is 5.56 Å². The van der Waals surface area contributed by atoms with Crippen LogP contribution in [0.5, 0.6) is 0 Å². The Balaban J connectivity index is 1.79. The predicted molar refractivity (Wildman–Crippen MR) is 98.6 cm³/mol. The summed E-state index contributed by atoms with van der Waals surface area (Å²) in [5.41, 5.74) is 2.34. The first kappa shape index (κ1) is 17.5. The fraction of sp³-hybridized carbons (Fsp3) is 0.294. The average molecular weight is 385 g/mol. The number of para-hydroxylation sites is 1. The Morgan fingerprint density at radius 3 is 2.25 bits per heavy atom. The van der Waals surface area contributed by atoms with Gasteiger partial charge in [-0.05, 0) is 30.7 Å². The lowest BCUT2D eigenvalue weighted by atomic mass is 10.1. The SMILES string of the molecule is Cc1ccccc1N1CCN(S(=O)(=O)c2cccc(Cl)c2Cl)CC1. The van der Waals surface area contributed by atoms with Gasteiger partial charge >= 0.3 is 0 Å². The van der Waals surface area contributed by atoms with Gasteiger partial charge in [-0.25, -0.2) is 8.42 Å². The zero-order chi connectivity index (χ0) is 17.3. The number of piperazine rings is 1. The summed E-state index contributed by atoms with van der Waals surface area (Å²) >= 11 is 12.1. The summed E-state index contributed by atoms with van der Waals surface area (Å²) in [6, 6.07) is 12.8. The second kappa shape index (κ2) is 6.92. The molecule has 1 saturated heterocycles. The first-order valence-corrected chi connectivity index (χ1v) is 9.85. The van der Waals surface area contributed by atoms with Crippen molar-refractivity contribution >= 4 is 38.9 Å². The van der Waals surface area contributed by atoms with Crippen molar-refractivity contribution in [1.29, 1.82) is 0 Å². The number of rotatable bonds is 3. The van der Waals surface area contributed by atoms with Gasteiger partial charge < -0.3 is 4.90 Å². The maximum absolute atomic E-state index is 12.8. The highest BCUT2D eigenvalue weighted by atomic mass is 35.5. The second-order valence-electron chi connectivity index (χ2n) is 5.73. The largest absolute Gasteiger partial charge is 0.369 e. The van der Waals surface area contributed by atoms with E-state index in [0.29, 0.717) is 26.2 Å². The van der Waals surface area contributed by atoms with Crippen molar-refractivity contribution in [1.82, 2.24) is 4.31 Å². The highest BCUT2D eigenvalue weighted by molar-refractivity contribution is 7.89. The minimum Gasteiger partial charge on any atom is -0.369 e. The molecule has 2 aromatic carbocycles. The molecule has 1 fully saturated rings. The zero-order valence-electron chi connectivity index (χ0n) is 13.2. The molecule has 0 saturated carbocycles. The quantitative estimate of drug-likeness (QED) is 0.807. The molecule has 3 rings (SSSR count). The first-order valence-electron chi connectivity index (χ1n) is 7.66. The molecule has 24 heavy (non-hydrogen) atoms. The molecule has 1 heterocycles. The van der Waals surface area contributed by atoms with Gasteiger partial charge in [0.05, 0.1) is 10.0 Å². The molecule has 0 spiro atoms. The smallest absolute Gasteiger partial charge is 0.244 e. The summed E-state index contributed by atoms with van der Waals surface area (Å²) in [6.07, 6.45) is 0. The fourth-order valence-corrected chi connectivity index (χ4v) is 5.07. The van der Waals surface area contributed by atoms with E-state index < -0.39 is 10.0 Å². The molecule has 0 radical (unpaired) electrons. The van der Waals surface area contributed by atoms with Gasteiger partial charge in [0.25, 0.3) is 0 Å². The molecule has 1 aliphatic rings. The van der Waals surface area contributed by atoms with E-state index in [-0.39, 0.29) is 14.9 Å². The van der Waals surface area contributed by atoms with E-state index in [4.69, 9.17) is 23.2 Å². The number of hydrogen-bond acceptors (Lipinski definition) is 3. The third-order valence-electron chi connectivity index (χ3n) is 4.23. The van der Waals surface area contributed by atoms with Gasteiger partial charge in [-0.2, -0.15) is 4.31 Å². The van der Waals surface area contributed by atoms with Crippen molar-refractivity contribution in [2.45, 2.75) is 11.8 Å². The van der Waals surface area contributed by atoms with Crippen molar-refractivity contribution in [2.75, 3.05) is 31.1 Å². The summed E-state index contributed by atoms with van der Waals surface area (Å²) in [6.45, 7) is 4.17. The Morgan fingerprint density at radius 2 is 1.58 bits per heavy atom. The lowest BCUT2D eigenvalue weighted by Crippen LogP contribution is -2.48. The van der Waals surface area contributed by atoms with E-state index in [1.807, 2.05) is 12.1 Å². The van der Waals surface area contributed by atoms with Crippen LogP contribution in [0.25, 0.3) is 0 Å². The van der Waals surface area contributed by atoms with Crippen molar-refractivity contribution in [3.05, 3.63) is 58.1 Å². The van der Waals surface area contributed by atoms with Crippen molar-refractivity contribution < 1.29 is 8.42 Å². The molecule has 0 atom stereocenters. The van der Waals surface area contributed by atoms with Crippen LogP contribution in [0.3, 0.4) is 0 Å². The van der Waals surface area contributed by atoms with Gasteiger partial charge in [0.2, 0.25) is 10.0 Å². The van der Waals surface area contributed by atoms with E-state index in [0.717, 1.165) is 5.69 Å². The van der Waals surface area contributed by atoms with Crippen molar-refractivity contribution in [2.24, 2.45) is 0 Å². The maximum Gasteiger partial charge on any atom is 0.244 e. The summed E-state index contributed by atoms with van der Waals surface area (Å²) in [5.74, 6) is 0. The molecule has 128 valence electrons. The molecule has 7 heteroatoms. The molecule has 0 unspecified atom stereocenters. The van der Waals surface area contributed by atoms with E-state index in [9.17, 15) is 8.42 Å². The molecule has 0 aromatic heterocycles. The molecule has 0 bridgehead atoms. The van der Waals surface area contributed by atoms with Crippen LogP contribution in [-0.2, 0) is 10.0 Å². The Labute approximate surface area is 152 Å². The van der Waals surface area contributed by atoms with E-state index in [1.165, 1.54) is 15.9 Å². The lowest BCUT2D eigenvalue weighted by Gasteiger charge is -2.36. The first-order chi connectivity index (χ1) is 11.4. The maximum atomic E-state index is 12.8. The highest BCUT2D eigenvalue weighted by Gasteiger charge is 2.30. The summed E-state index contributed by atoms with van der Waals surface area (Å²) in [7, 11) is -3.64. The predicted octanol–water partition coefficient (Wildman–Crippen LogP) is 3.81. The molecular weight excluding hydrogens is 367 g/mol. The Hall–Kier alpha value is -1.27. The average Bonchev–Trinajstić information content (AvgIpc) is 2.58. The minimum absolute atomic E-state index is 0.0704. The van der Waals surface area contributed by atoms with Crippen LogP contribution in [0.4, 0.5) is 5.69 Å². The van der Waals surface area contributed by atoms with Crippen LogP contribution < -0.4 is 4.90 Å². The monoisotopic (exact) mass is 384 g/mol. The van der Waals surface area contributed by atoms with Crippen LogP contribution in [0.2, 0.25) is 10.0 Å². The third kappa shape index (κ3) is 3.26. The standard InChI is InChI=1S/C17H18Cl2N2O2S/c1-13-5-2-3-7-15(13)20-9-11-21(12-10-20)24(22,23)16-8-4-6-14(18)17(16)19/h2-8H,9-12H2,1H3. The third-order valence-corrected chi connectivity index (χ3v) is 7.10. The van der Waals surface area contributed by atoms with Gasteiger partial charge in [-0.3, -0.25) is 0 Å². The number of nitrogens with zero attached hydrogens (tertiary/aromatic N) is 2. The lowest BCUT2D eigenvalue weighted by molar-refractivity contribution is 0.385. The molecule has 2 aromatic rings. The molecule has 0 N–H and O–H groups in total. The van der Waals surface area contributed by atoms with E-state index in [2.05, 4.69) is 24.0 Å². The molecule has 4 nitrogen and oxygen atoms in total. The fourth-order valence-electron chi connectivity index (χ4n) is 2.91. The topological polar surface area (TPSA) is 40.6 Å². The van der Waals surface area contributed by atoms with Crippen LogP contribution in [0, 0.1) is 6.92 Å². The molecular formula is C17H18Cl2N2O2S. The molecule has 0 amide bonds. The number of benzene rings is 2. The van der Waals surface area contributed by atoms with Gasteiger partial charge in [0, 0.05) is 31.9 Å². The van der Waals surface area contributed by atoms with E-state index in [1.54, 1.807) is 12.1 Å². The normalized spacial score (nSPS) is 16.4. The van der Waals surface area contributed by atoms with Gasteiger partial charge in [0.15, 0.2) is 0 Å². The summed E-state index contributed by atoms with van der Waals surface area (Å²) in [5, 5.41) is 0.330. The van der Waals surface area contributed by atoms with Crippen molar-refractivity contribution in [3.63, 3.8) is 0 Å². The Bertz CT molecular complexity index is 847. The van der Waals surface area contributed by atoms with Crippen molar-refractivity contribution in [3.8, 4) is 0 Å². The highest BCUT2D eigenvalue weighted by Crippen LogP contribution is 2.31. The second-order valence-corrected chi connectivity index (χ2v) is 8.42. The zero-order valence-corrected chi connectivity index (χ0v) is 15.6. The number of aryl methyl sites for hydroxylation is 1. The van der Waals surface area contributed by atoms with E-state index >= 15 is 0 Å². The van der Waals surface area contributed by atoms with Gasteiger partial charge in [-0.15, -0.1) is 0 Å². The van der Waals surface area contributed by atoms with Crippen LogP contribution in [-0.4, -0.2) is 38.9 Å². The van der Waals surface area contributed by atoms with Crippen LogP contribution >= 0.6 is 23.2 Å². The number of sulfonamides is 1. The Kier molecular flexibility index (Phi) is 5.06. The number of hydrogen-bond donors (Lipinski definition) is 0. The van der Waals surface area contributed by atoms with Gasteiger partial charge in [-0.1, -0.05) is 47.5 Å². The summed E-state index contributed by atoms with van der Waals surface area (Å²) in [4.78, 5) is 2.28. The minimum atomic E-state index is -3.64. The Morgan fingerprint density at radius 1 is 0.917 bits per heavy atom. The molecule has 0 aliphatic carbocycles. The summed E-state index contributed by atoms with van der Waals surface area (Å²) < 4.78 is 27.1. The van der Waals surface area contributed by atoms with Gasteiger partial charge in [0.1, 0.15) is 4.90 Å².